The fraction of sp³-hybridized carbons (Fsp3) is 0.786. The predicted molar refractivity (Wildman–Crippen MR) is 82.5 cm³/mol. The van der Waals surface area contributed by atoms with Crippen molar-refractivity contribution in [2.24, 2.45) is 5.92 Å². The highest BCUT2D eigenvalue weighted by Gasteiger charge is 2.14. The fourth-order valence-electron chi connectivity index (χ4n) is 1.78. The van der Waals surface area contributed by atoms with Gasteiger partial charge in [0.05, 0.1) is 6.10 Å². The van der Waals surface area contributed by atoms with Crippen LogP contribution in [0.2, 0.25) is 0 Å². The third-order valence-electron chi connectivity index (χ3n) is 2.53. The summed E-state index contributed by atoms with van der Waals surface area (Å²) in [7, 11) is 0. The summed E-state index contributed by atoms with van der Waals surface area (Å²) in [5, 5.41) is 3.12. The van der Waals surface area contributed by atoms with Gasteiger partial charge in [-0.15, -0.1) is 0 Å². The molecule has 0 saturated heterocycles. The standard InChI is InChI=1S/C14H27N5O/c1-7-15-12-16-13(19(8-2)9-10(3)4)18-14(17-12)20-11(5)6/h10-11H,7-9H2,1-6H3,(H,15,16,17,18). The molecule has 0 unspecified atom stereocenters. The summed E-state index contributed by atoms with van der Waals surface area (Å²) >= 11 is 0. The molecule has 1 heterocycles. The molecule has 0 radical (unpaired) electrons. The average Bonchev–Trinajstić information content (AvgIpc) is 2.35. The van der Waals surface area contributed by atoms with Crippen molar-refractivity contribution < 1.29 is 4.74 Å². The molecule has 1 aromatic rings. The van der Waals surface area contributed by atoms with Crippen LogP contribution in [0.1, 0.15) is 41.5 Å². The molecule has 1 rings (SSSR count). The van der Waals surface area contributed by atoms with Gasteiger partial charge in [0.1, 0.15) is 0 Å². The van der Waals surface area contributed by atoms with Crippen LogP contribution in [0.3, 0.4) is 0 Å². The lowest BCUT2D eigenvalue weighted by Crippen LogP contribution is -2.29. The first-order chi connectivity index (χ1) is 9.46. The summed E-state index contributed by atoms with van der Waals surface area (Å²) in [5.74, 6) is 1.78. The Morgan fingerprint density at radius 1 is 1.10 bits per heavy atom. The average molecular weight is 281 g/mol. The number of nitrogens with zero attached hydrogens (tertiary/aromatic N) is 4. The first kappa shape index (κ1) is 16.5. The number of hydrogen-bond donors (Lipinski definition) is 1. The summed E-state index contributed by atoms with van der Waals surface area (Å²) in [5.41, 5.74) is 0. The Bertz CT molecular complexity index is 409. The van der Waals surface area contributed by atoms with Crippen LogP contribution in [0, 0.1) is 5.92 Å². The number of anilines is 2. The van der Waals surface area contributed by atoms with E-state index in [1.807, 2.05) is 20.8 Å². The monoisotopic (exact) mass is 281 g/mol. The van der Waals surface area contributed by atoms with Gasteiger partial charge in [0.15, 0.2) is 0 Å². The second kappa shape index (κ2) is 7.87. The Morgan fingerprint density at radius 2 is 1.80 bits per heavy atom. The molecule has 1 N–H and O–H groups in total. The van der Waals surface area contributed by atoms with Crippen molar-refractivity contribution in [3.8, 4) is 6.01 Å². The Balaban J connectivity index is 3.05. The van der Waals surface area contributed by atoms with E-state index in [0.717, 1.165) is 19.6 Å². The minimum absolute atomic E-state index is 0.0416. The molecule has 6 nitrogen and oxygen atoms in total. The van der Waals surface area contributed by atoms with Crippen LogP contribution in [0.25, 0.3) is 0 Å². The van der Waals surface area contributed by atoms with Gasteiger partial charge in [-0.2, -0.15) is 15.0 Å². The molecule has 6 heteroatoms. The maximum Gasteiger partial charge on any atom is 0.323 e. The first-order valence-electron chi connectivity index (χ1n) is 7.37. The summed E-state index contributed by atoms with van der Waals surface area (Å²) < 4.78 is 5.61. The molecular weight excluding hydrogens is 254 g/mol. The number of aromatic nitrogens is 3. The van der Waals surface area contributed by atoms with E-state index in [1.54, 1.807) is 0 Å². The maximum absolute atomic E-state index is 5.61. The van der Waals surface area contributed by atoms with Crippen LogP contribution in [-0.4, -0.2) is 40.7 Å². The normalized spacial score (nSPS) is 11.0. The van der Waals surface area contributed by atoms with Gasteiger partial charge in [-0.3, -0.25) is 0 Å². The lowest BCUT2D eigenvalue weighted by molar-refractivity contribution is 0.222. The molecule has 0 saturated carbocycles. The first-order valence-corrected chi connectivity index (χ1v) is 7.37. The number of ether oxygens (including phenoxy) is 1. The molecule has 1 aromatic heterocycles. The minimum Gasteiger partial charge on any atom is -0.461 e. The lowest BCUT2D eigenvalue weighted by atomic mass is 10.2. The van der Waals surface area contributed by atoms with Crippen molar-refractivity contribution >= 4 is 11.9 Å². The van der Waals surface area contributed by atoms with Gasteiger partial charge < -0.3 is 15.0 Å². The van der Waals surface area contributed by atoms with Crippen LogP contribution < -0.4 is 15.0 Å². The smallest absolute Gasteiger partial charge is 0.323 e. The largest absolute Gasteiger partial charge is 0.461 e. The van der Waals surface area contributed by atoms with Gasteiger partial charge in [0.25, 0.3) is 0 Å². The zero-order chi connectivity index (χ0) is 15.1. The van der Waals surface area contributed by atoms with Crippen molar-refractivity contribution in [2.75, 3.05) is 29.9 Å². The highest BCUT2D eigenvalue weighted by Crippen LogP contribution is 2.17. The van der Waals surface area contributed by atoms with E-state index in [1.165, 1.54) is 0 Å². The molecule has 20 heavy (non-hydrogen) atoms. The molecule has 0 bridgehead atoms. The van der Waals surface area contributed by atoms with E-state index in [9.17, 15) is 0 Å². The van der Waals surface area contributed by atoms with Crippen molar-refractivity contribution in [2.45, 2.75) is 47.6 Å². The molecule has 0 atom stereocenters. The molecule has 0 aliphatic rings. The number of rotatable bonds is 8. The van der Waals surface area contributed by atoms with E-state index in [4.69, 9.17) is 4.74 Å². The van der Waals surface area contributed by atoms with Crippen molar-refractivity contribution in [3.63, 3.8) is 0 Å². The van der Waals surface area contributed by atoms with Crippen molar-refractivity contribution in [3.05, 3.63) is 0 Å². The van der Waals surface area contributed by atoms with Crippen LogP contribution in [0.4, 0.5) is 11.9 Å². The second-order valence-corrected chi connectivity index (χ2v) is 5.37. The van der Waals surface area contributed by atoms with Gasteiger partial charge in [-0.25, -0.2) is 0 Å². The van der Waals surface area contributed by atoms with Gasteiger partial charge in [-0.1, -0.05) is 13.8 Å². The van der Waals surface area contributed by atoms with E-state index >= 15 is 0 Å². The Morgan fingerprint density at radius 3 is 2.30 bits per heavy atom. The van der Waals surface area contributed by atoms with E-state index in [0.29, 0.717) is 23.8 Å². The predicted octanol–water partition coefficient (Wildman–Crippen LogP) is 2.57. The van der Waals surface area contributed by atoms with Crippen LogP contribution in [0.15, 0.2) is 0 Å². The summed E-state index contributed by atoms with van der Waals surface area (Å²) in [4.78, 5) is 15.3. The lowest BCUT2D eigenvalue weighted by Gasteiger charge is -2.23. The SMILES string of the molecule is CCNc1nc(OC(C)C)nc(N(CC)CC(C)C)n1. The molecule has 0 aliphatic heterocycles. The van der Waals surface area contributed by atoms with Crippen molar-refractivity contribution in [1.29, 1.82) is 0 Å². The van der Waals surface area contributed by atoms with Gasteiger partial charge in [-0.05, 0) is 33.6 Å². The molecule has 0 aliphatic carbocycles. The molecule has 0 spiro atoms. The number of nitrogens with one attached hydrogen (secondary N) is 1. The quantitative estimate of drug-likeness (QED) is 0.790. The second-order valence-electron chi connectivity index (χ2n) is 5.37. The molecule has 0 amide bonds. The molecule has 114 valence electrons. The highest BCUT2D eigenvalue weighted by atomic mass is 16.5. The number of hydrogen-bond acceptors (Lipinski definition) is 6. The van der Waals surface area contributed by atoms with Crippen molar-refractivity contribution in [1.82, 2.24) is 15.0 Å². The van der Waals surface area contributed by atoms with Gasteiger partial charge in [0, 0.05) is 19.6 Å². The maximum atomic E-state index is 5.61. The summed E-state index contributed by atoms with van der Waals surface area (Å²) in [6.45, 7) is 14.9. The van der Waals surface area contributed by atoms with Gasteiger partial charge >= 0.3 is 6.01 Å². The Hall–Kier alpha value is -1.59. The summed E-state index contributed by atoms with van der Waals surface area (Å²) in [6, 6.07) is 0.378. The highest BCUT2D eigenvalue weighted by molar-refractivity contribution is 5.38. The third kappa shape index (κ3) is 5.19. The zero-order valence-electron chi connectivity index (χ0n) is 13.5. The fourth-order valence-corrected chi connectivity index (χ4v) is 1.78. The zero-order valence-corrected chi connectivity index (χ0v) is 13.5. The van der Waals surface area contributed by atoms with Crippen LogP contribution >= 0.6 is 0 Å². The van der Waals surface area contributed by atoms with E-state index in [-0.39, 0.29) is 6.10 Å². The Labute approximate surface area is 122 Å². The Kier molecular flexibility index (Phi) is 6.48. The van der Waals surface area contributed by atoms with Crippen LogP contribution in [0.5, 0.6) is 6.01 Å². The van der Waals surface area contributed by atoms with E-state index < -0.39 is 0 Å². The van der Waals surface area contributed by atoms with Crippen LogP contribution in [-0.2, 0) is 0 Å². The molecule has 0 fully saturated rings. The topological polar surface area (TPSA) is 63.2 Å². The van der Waals surface area contributed by atoms with Gasteiger partial charge in [0.2, 0.25) is 11.9 Å². The minimum atomic E-state index is 0.0416. The molecule has 0 aromatic carbocycles. The summed E-state index contributed by atoms with van der Waals surface area (Å²) in [6.07, 6.45) is 0.0416. The van der Waals surface area contributed by atoms with E-state index in [2.05, 4.69) is 45.9 Å². The third-order valence-corrected chi connectivity index (χ3v) is 2.53. The molecular formula is C14H27N5O.